The molecule has 0 bridgehead atoms. The lowest BCUT2D eigenvalue weighted by molar-refractivity contribution is -0.263. The molecule has 0 radical (unpaired) electrons. The molecule has 3 saturated heterocycles. The fraction of sp³-hybridized carbons (Fsp3) is 0.479. The molecule has 0 aliphatic carbocycles. The van der Waals surface area contributed by atoms with Crippen molar-refractivity contribution in [1.29, 1.82) is 0 Å². The lowest BCUT2D eigenvalue weighted by Gasteiger charge is -2.43. The van der Waals surface area contributed by atoms with Crippen LogP contribution in [0, 0.1) is 12.8 Å². The van der Waals surface area contributed by atoms with Crippen LogP contribution in [0.3, 0.4) is 0 Å². The number of aliphatic hydroxyl groups excluding tert-OH is 2. The number of ether oxygens (including phenoxy) is 15. The van der Waals surface area contributed by atoms with Gasteiger partial charge in [-0.1, -0.05) is 49.9 Å². The molecule has 0 aromatic heterocycles. The van der Waals surface area contributed by atoms with Gasteiger partial charge in [0.2, 0.25) is 12.4 Å². The van der Waals surface area contributed by atoms with Crippen molar-refractivity contribution < 1.29 is 120 Å². The van der Waals surface area contributed by atoms with E-state index >= 15 is 0 Å². The minimum atomic E-state index is -1.33. The fourth-order valence-electron chi connectivity index (χ4n) is 11.4. The predicted molar refractivity (Wildman–Crippen MR) is 367 cm³/mol. The van der Waals surface area contributed by atoms with Crippen molar-refractivity contribution in [2.45, 2.75) is 117 Å². The van der Waals surface area contributed by atoms with Gasteiger partial charge in [0.1, 0.15) is 63.0 Å². The SMILES string of the molecule is C=CCOC(=O)Nc1cc(OCc2cc(COc3cc(NC(=O)OCc4ccc(O[C@@H]5O[C@H](C)[C@@H](C)[C@H](OC(C)=O)[C@H]5OC(C)=O)c(C(=O)CCCOC)c4)c(C(=O)N4CC(=C)C[C@H]4CO)cc3OC)cc(OCCOCCOCCOCC(=O)OC)c2)c(C)cc1C(=O)N1CC(=C)C[C@H]1CO. The smallest absolute Gasteiger partial charge is 0.411 e. The monoisotopic (exact) mass is 1420 g/mol. The average Bonchev–Trinajstić information content (AvgIpc) is 1.64. The molecule has 0 spiro atoms. The van der Waals surface area contributed by atoms with E-state index in [2.05, 4.69) is 35.1 Å². The van der Waals surface area contributed by atoms with E-state index in [4.69, 9.17) is 66.3 Å². The highest BCUT2D eigenvalue weighted by atomic mass is 16.7. The molecule has 7 rings (SSSR count). The highest BCUT2D eigenvalue weighted by molar-refractivity contribution is 6.05. The van der Waals surface area contributed by atoms with Crippen molar-refractivity contribution in [2.75, 3.05) is 118 Å². The third-order valence-corrected chi connectivity index (χ3v) is 16.6. The first kappa shape index (κ1) is 79.7. The van der Waals surface area contributed by atoms with Gasteiger partial charge in [-0.2, -0.15) is 0 Å². The van der Waals surface area contributed by atoms with E-state index in [1.54, 1.807) is 51.1 Å². The minimum absolute atomic E-state index is 0.0170. The molecule has 3 aliphatic rings. The summed E-state index contributed by atoms with van der Waals surface area (Å²) in [4.78, 5) is 109. The van der Waals surface area contributed by atoms with Crippen LogP contribution in [0.15, 0.2) is 97.6 Å². The lowest BCUT2D eigenvalue weighted by Crippen LogP contribution is -2.57. The number of carbonyl (C=O) groups is 8. The van der Waals surface area contributed by atoms with Crippen molar-refractivity contribution in [3.05, 3.63) is 137 Å². The molecule has 3 fully saturated rings. The molecule has 0 unspecified atom stereocenters. The first-order valence-electron chi connectivity index (χ1n) is 33.1. The Kier molecular flexibility index (Phi) is 30.9. The van der Waals surface area contributed by atoms with E-state index in [9.17, 15) is 48.6 Å². The number of hydrogen-bond donors (Lipinski definition) is 4. The Morgan fingerprint density at radius 1 is 0.618 bits per heavy atom. The zero-order chi connectivity index (χ0) is 74.0. The molecule has 29 heteroatoms. The van der Waals surface area contributed by atoms with Crippen LogP contribution in [-0.4, -0.2) is 211 Å². The van der Waals surface area contributed by atoms with Crippen molar-refractivity contribution >= 4 is 59.1 Å². The summed E-state index contributed by atoms with van der Waals surface area (Å²) in [7, 11) is 4.13. The first-order chi connectivity index (χ1) is 49.0. The minimum Gasteiger partial charge on any atom is -0.493 e. The van der Waals surface area contributed by atoms with Crippen molar-refractivity contribution in [2.24, 2.45) is 5.92 Å². The summed E-state index contributed by atoms with van der Waals surface area (Å²) < 4.78 is 86.0. The van der Waals surface area contributed by atoms with Gasteiger partial charge in [0, 0.05) is 65.1 Å². The molecule has 4 aromatic rings. The lowest BCUT2D eigenvalue weighted by atomic mass is 9.91. The van der Waals surface area contributed by atoms with Gasteiger partial charge in [0.15, 0.2) is 17.3 Å². The van der Waals surface area contributed by atoms with Crippen molar-refractivity contribution in [3.63, 3.8) is 0 Å². The summed E-state index contributed by atoms with van der Waals surface area (Å²) >= 11 is 0. The Bertz CT molecular complexity index is 3630. The van der Waals surface area contributed by atoms with E-state index in [0.29, 0.717) is 52.8 Å². The number of rotatable bonds is 38. The quantitative estimate of drug-likeness (QED) is 0.0108. The molecule has 7 atom stereocenters. The molecule has 3 aliphatic heterocycles. The van der Waals surface area contributed by atoms with Gasteiger partial charge < -0.3 is 91.1 Å². The second-order valence-corrected chi connectivity index (χ2v) is 24.3. The standard InChI is InChI=1S/C73H92N4O25/c1-12-17-95-72(86)74-59-33-63(45(4)27-56(59)69(84)76-35-43(2)25-53(76)37-78)96-40-51-28-52(30-55(29-51)94-24-23-92-20-19-91-21-22-93-42-66(83)90-11)41-97-65-34-60(57(32-64(65)89-10)70(85)77-36-44(3)26-54(77)38-79)75-73(87)98-39-50-15-16-62(58(31-50)61(82)14-13-18-88-9)102-71-68(101-49(8)81)67(100-48(7)80)46(5)47(6)99-71/h12,15-16,27-34,46-47,53-54,67-68,71,78-79H,1-3,13-14,17-26,35-42H2,4-11H3,(H,74,86)(H,75,87)/t46-,47-,53+,54+,67+,68-,71+/m1/s1. The maximum absolute atomic E-state index is 14.6. The zero-order valence-electron chi connectivity index (χ0n) is 58.8. The van der Waals surface area contributed by atoms with Gasteiger partial charge in [0.05, 0.1) is 107 Å². The van der Waals surface area contributed by atoms with Crippen LogP contribution in [0.4, 0.5) is 21.0 Å². The number of aryl methyl sites for hydroxylation is 1. The molecule has 4 N–H and O–H groups in total. The number of likely N-dealkylation sites (tertiary alicyclic amines) is 2. The molecule has 3 heterocycles. The molecular formula is C73H92N4O25. The number of aliphatic hydroxyl groups is 2. The number of carbonyl (C=O) groups excluding carboxylic acids is 8. The molecule has 0 saturated carbocycles. The van der Waals surface area contributed by atoms with E-state index < -0.39 is 91.1 Å². The van der Waals surface area contributed by atoms with Gasteiger partial charge in [-0.15, -0.1) is 0 Å². The number of esters is 3. The molecule has 4 amide bonds. The van der Waals surface area contributed by atoms with Gasteiger partial charge in [-0.3, -0.25) is 34.6 Å². The van der Waals surface area contributed by atoms with E-state index in [1.807, 2.05) is 0 Å². The van der Waals surface area contributed by atoms with E-state index in [1.165, 1.54) is 81.4 Å². The molecule has 554 valence electrons. The second-order valence-electron chi connectivity index (χ2n) is 24.3. The second kappa shape index (κ2) is 39.6. The summed E-state index contributed by atoms with van der Waals surface area (Å²) in [6, 6.07) is 14.4. The number of benzene rings is 4. The first-order valence-corrected chi connectivity index (χ1v) is 33.1. The van der Waals surface area contributed by atoms with Crippen LogP contribution in [0.25, 0.3) is 0 Å². The molecule has 29 nitrogen and oxygen atoms in total. The van der Waals surface area contributed by atoms with Gasteiger partial charge in [-0.25, -0.2) is 14.4 Å². The number of ketones is 1. The van der Waals surface area contributed by atoms with Crippen molar-refractivity contribution in [1.82, 2.24) is 9.80 Å². The average molecular weight is 1430 g/mol. The predicted octanol–water partition coefficient (Wildman–Crippen LogP) is 8.00. The van der Waals surface area contributed by atoms with Crippen LogP contribution in [0.1, 0.15) is 107 Å². The summed E-state index contributed by atoms with van der Waals surface area (Å²) in [6.07, 6.45) is -3.49. The molecular weight excluding hydrogens is 1330 g/mol. The number of methoxy groups -OCH3 is 3. The molecule has 4 aromatic carbocycles. The fourth-order valence-corrected chi connectivity index (χ4v) is 11.4. The third kappa shape index (κ3) is 22.9. The zero-order valence-corrected chi connectivity index (χ0v) is 58.8. The maximum atomic E-state index is 14.6. The maximum Gasteiger partial charge on any atom is 0.411 e. The van der Waals surface area contributed by atoms with Crippen LogP contribution in [0.5, 0.6) is 28.7 Å². The summed E-state index contributed by atoms with van der Waals surface area (Å²) in [5.41, 5.74) is 3.53. The van der Waals surface area contributed by atoms with Gasteiger partial charge >= 0.3 is 30.1 Å². The van der Waals surface area contributed by atoms with Crippen LogP contribution < -0.4 is 34.3 Å². The molecule has 102 heavy (non-hydrogen) atoms. The highest BCUT2D eigenvalue weighted by Gasteiger charge is 2.48. The number of anilines is 2. The summed E-state index contributed by atoms with van der Waals surface area (Å²) in [6.45, 7) is 19.3. The van der Waals surface area contributed by atoms with E-state index in [-0.39, 0.29) is 162 Å². The summed E-state index contributed by atoms with van der Waals surface area (Å²) in [5, 5.41) is 25.9. The van der Waals surface area contributed by atoms with Crippen LogP contribution in [0.2, 0.25) is 0 Å². The third-order valence-electron chi connectivity index (χ3n) is 16.6. The Balaban J connectivity index is 1.16. The van der Waals surface area contributed by atoms with Gasteiger partial charge in [0.25, 0.3) is 11.8 Å². The van der Waals surface area contributed by atoms with E-state index in [0.717, 1.165) is 5.57 Å². The Morgan fingerprint density at radius 3 is 1.76 bits per heavy atom. The topological polar surface area (TPSA) is 346 Å². The number of Topliss-reactive ketones (excluding diaryl/α,β-unsaturated/α-hetero) is 1. The summed E-state index contributed by atoms with van der Waals surface area (Å²) in [5.74, 6) is -2.85. The number of hydrogen-bond acceptors (Lipinski definition) is 25. The number of nitrogens with one attached hydrogen (secondary N) is 2. The number of amides is 4. The van der Waals surface area contributed by atoms with Gasteiger partial charge in [-0.05, 0) is 97.8 Å². The highest BCUT2D eigenvalue weighted by Crippen LogP contribution is 2.39. The normalized spacial score (nSPS) is 18.5. The number of nitrogens with zero attached hydrogens (tertiary/aromatic N) is 2. The Hall–Kier alpha value is -9.62. The van der Waals surface area contributed by atoms with Crippen LogP contribution in [-0.2, 0) is 81.6 Å². The van der Waals surface area contributed by atoms with Crippen molar-refractivity contribution in [3.8, 4) is 28.7 Å². The van der Waals surface area contributed by atoms with Crippen LogP contribution >= 0.6 is 0 Å². The largest absolute Gasteiger partial charge is 0.493 e. The Labute approximate surface area is 592 Å². The Morgan fingerprint density at radius 2 is 1.19 bits per heavy atom.